The molecule has 0 radical (unpaired) electrons. The molecular weight excluding hydrogens is 270 g/mol. The van der Waals surface area contributed by atoms with E-state index >= 15 is 0 Å². The molecule has 0 atom stereocenters. The SMILES string of the molecule is Cc1ccc(-n2ccc3c(C=O)c(C(C)C)cc(C)c32)cc1. The molecule has 0 bridgehead atoms. The van der Waals surface area contributed by atoms with Gasteiger partial charge in [-0.2, -0.15) is 0 Å². The predicted octanol–water partition coefficient (Wildman–Crippen LogP) is 5.18. The monoisotopic (exact) mass is 291 g/mol. The van der Waals surface area contributed by atoms with E-state index in [9.17, 15) is 4.79 Å². The van der Waals surface area contributed by atoms with Gasteiger partial charge in [0.1, 0.15) is 0 Å². The highest BCUT2D eigenvalue weighted by atomic mass is 16.1. The van der Waals surface area contributed by atoms with Crippen LogP contribution in [0.1, 0.15) is 46.8 Å². The first-order chi connectivity index (χ1) is 10.5. The van der Waals surface area contributed by atoms with Crippen molar-refractivity contribution in [1.29, 1.82) is 0 Å². The third-order valence-corrected chi connectivity index (χ3v) is 4.29. The highest BCUT2D eigenvalue weighted by Gasteiger charge is 2.15. The molecule has 0 spiro atoms. The quantitative estimate of drug-likeness (QED) is 0.609. The number of aromatic nitrogens is 1. The molecule has 0 fully saturated rings. The van der Waals surface area contributed by atoms with Crippen LogP contribution in [0.4, 0.5) is 0 Å². The van der Waals surface area contributed by atoms with Gasteiger partial charge in [-0.15, -0.1) is 0 Å². The van der Waals surface area contributed by atoms with Gasteiger partial charge in [-0.05, 0) is 49.1 Å². The second-order valence-corrected chi connectivity index (χ2v) is 6.25. The molecule has 1 aromatic heterocycles. The van der Waals surface area contributed by atoms with Gasteiger partial charge in [0.15, 0.2) is 6.29 Å². The fraction of sp³-hybridized carbons (Fsp3) is 0.250. The van der Waals surface area contributed by atoms with Gasteiger partial charge >= 0.3 is 0 Å². The minimum Gasteiger partial charge on any atom is -0.316 e. The summed E-state index contributed by atoms with van der Waals surface area (Å²) < 4.78 is 2.17. The van der Waals surface area contributed by atoms with Gasteiger partial charge < -0.3 is 4.57 Å². The molecule has 0 unspecified atom stereocenters. The third kappa shape index (κ3) is 2.25. The fourth-order valence-corrected chi connectivity index (χ4v) is 3.12. The van der Waals surface area contributed by atoms with Crippen LogP contribution in [-0.2, 0) is 0 Å². The second kappa shape index (κ2) is 5.45. The highest BCUT2D eigenvalue weighted by Crippen LogP contribution is 2.31. The first-order valence-electron chi connectivity index (χ1n) is 7.69. The average Bonchev–Trinajstić information content (AvgIpc) is 2.93. The van der Waals surface area contributed by atoms with E-state index in [1.165, 1.54) is 11.1 Å². The number of nitrogens with zero attached hydrogens (tertiary/aromatic N) is 1. The Morgan fingerprint density at radius 3 is 2.32 bits per heavy atom. The lowest BCUT2D eigenvalue weighted by Crippen LogP contribution is -2.00. The lowest BCUT2D eigenvalue weighted by molar-refractivity contribution is 0.112. The number of hydrogen-bond acceptors (Lipinski definition) is 1. The summed E-state index contributed by atoms with van der Waals surface area (Å²) in [5.41, 5.74) is 6.64. The number of fused-ring (bicyclic) bond motifs is 1. The molecule has 2 heteroatoms. The van der Waals surface area contributed by atoms with E-state index in [0.717, 1.165) is 34.0 Å². The maximum absolute atomic E-state index is 11.6. The largest absolute Gasteiger partial charge is 0.316 e. The van der Waals surface area contributed by atoms with Crippen LogP contribution in [0.2, 0.25) is 0 Å². The van der Waals surface area contributed by atoms with E-state index in [4.69, 9.17) is 0 Å². The van der Waals surface area contributed by atoms with Crippen molar-refractivity contribution in [3.05, 3.63) is 64.8 Å². The van der Waals surface area contributed by atoms with Crippen LogP contribution in [-0.4, -0.2) is 10.9 Å². The van der Waals surface area contributed by atoms with Crippen molar-refractivity contribution < 1.29 is 4.79 Å². The lowest BCUT2D eigenvalue weighted by Gasteiger charge is -2.14. The van der Waals surface area contributed by atoms with Crippen molar-refractivity contribution in [1.82, 2.24) is 4.57 Å². The number of carbonyl (C=O) groups excluding carboxylic acids is 1. The van der Waals surface area contributed by atoms with E-state index in [1.54, 1.807) is 0 Å². The van der Waals surface area contributed by atoms with Crippen molar-refractivity contribution in [2.75, 3.05) is 0 Å². The molecule has 0 aliphatic heterocycles. The molecule has 3 aromatic rings. The Morgan fingerprint density at radius 2 is 1.73 bits per heavy atom. The molecule has 0 aliphatic carbocycles. The number of aldehydes is 1. The topological polar surface area (TPSA) is 22.0 Å². The molecule has 2 aromatic carbocycles. The summed E-state index contributed by atoms with van der Waals surface area (Å²) in [6.45, 7) is 8.46. The van der Waals surface area contributed by atoms with Gasteiger partial charge in [-0.3, -0.25) is 4.79 Å². The van der Waals surface area contributed by atoms with Crippen LogP contribution in [0.5, 0.6) is 0 Å². The minimum atomic E-state index is 0.339. The number of benzene rings is 2. The molecule has 1 heterocycles. The number of carbonyl (C=O) groups is 1. The zero-order valence-electron chi connectivity index (χ0n) is 13.6. The van der Waals surface area contributed by atoms with E-state index < -0.39 is 0 Å². The smallest absolute Gasteiger partial charge is 0.151 e. The molecule has 0 saturated heterocycles. The Hall–Kier alpha value is -2.35. The van der Waals surface area contributed by atoms with Crippen molar-refractivity contribution in [3.8, 4) is 5.69 Å². The van der Waals surface area contributed by atoms with E-state index in [-0.39, 0.29) is 0 Å². The standard InChI is InChI=1S/C20H21NO/c1-13(2)18-11-15(4)20-17(19(18)12-22)9-10-21(20)16-7-5-14(3)6-8-16/h5-13H,1-4H3. The molecule has 2 nitrogen and oxygen atoms in total. The maximum Gasteiger partial charge on any atom is 0.151 e. The summed E-state index contributed by atoms with van der Waals surface area (Å²) in [7, 11) is 0. The predicted molar refractivity (Wildman–Crippen MR) is 92.2 cm³/mol. The van der Waals surface area contributed by atoms with Crippen LogP contribution < -0.4 is 0 Å². The van der Waals surface area contributed by atoms with Crippen molar-refractivity contribution >= 4 is 17.2 Å². The Labute approximate surface area is 131 Å². The van der Waals surface area contributed by atoms with Gasteiger partial charge in [0.05, 0.1) is 5.52 Å². The van der Waals surface area contributed by atoms with Crippen molar-refractivity contribution in [2.45, 2.75) is 33.6 Å². The Bertz CT molecular complexity index is 838. The van der Waals surface area contributed by atoms with Gasteiger partial charge in [0.2, 0.25) is 0 Å². The average molecular weight is 291 g/mol. The third-order valence-electron chi connectivity index (χ3n) is 4.29. The van der Waals surface area contributed by atoms with Gasteiger partial charge in [-0.25, -0.2) is 0 Å². The number of aryl methyl sites for hydroxylation is 2. The zero-order valence-corrected chi connectivity index (χ0v) is 13.6. The molecule has 3 rings (SSSR count). The molecule has 0 N–H and O–H groups in total. The van der Waals surface area contributed by atoms with Gasteiger partial charge in [0.25, 0.3) is 0 Å². The summed E-state index contributed by atoms with van der Waals surface area (Å²) in [4.78, 5) is 11.6. The van der Waals surface area contributed by atoms with E-state index in [1.807, 2.05) is 0 Å². The summed E-state index contributed by atoms with van der Waals surface area (Å²) in [5, 5.41) is 1.04. The Morgan fingerprint density at radius 1 is 1.05 bits per heavy atom. The van der Waals surface area contributed by atoms with Crippen LogP contribution in [0.25, 0.3) is 16.6 Å². The minimum absolute atomic E-state index is 0.339. The number of hydrogen-bond donors (Lipinski definition) is 0. The van der Waals surface area contributed by atoms with Crippen LogP contribution in [0.15, 0.2) is 42.6 Å². The normalized spacial score (nSPS) is 11.3. The molecular formula is C20H21NO. The molecule has 0 amide bonds. The summed E-state index contributed by atoms with van der Waals surface area (Å²) >= 11 is 0. The van der Waals surface area contributed by atoms with E-state index in [2.05, 4.69) is 74.9 Å². The Kier molecular flexibility index (Phi) is 3.61. The van der Waals surface area contributed by atoms with Crippen molar-refractivity contribution in [3.63, 3.8) is 0 Å². The summed E-state index contributed by atoms with van der Waals surface area (Å²) in [6, 6.07) is 12.7. The first kappa shape index (κ1) is 14.6. The van der Waals surface area contributed by atoms with E-state index in [0.29, 0.717) is 5.92 Å². The van der Waals surface area contributed by atoms with Crippen molar-refractivity contribution in [2.24, 2.45) is 0 Å². The molecule has 0 saturated carbocycles. The second-order valence-electron chi connectivity index (χ2n) is 6.25. The van der Waals surface area contributed by atoms with Gasteiger partial charge in [-0.1, -0.05) is 37.6 Å². The first-order valence-corrected chi connectivity index (χ1v) is 7.69. The number of rotatable bonds is 3. The molecule has 112 valence electrons. The maximum atomic E-state index is 11.6. The summed E-state index contributed by atoms with van der Waals surface area (Å²) in [5.74, 6) is 0.339. The zero-order chi connectivity index (χ0) is 15.9. The molecule has 22 heavy (non-hydrogen) atoms. The Balaban J connectivity index is 2.32. The van der Waals surface area contributed by atoms with Crippen LogP contribution in [0, 0.1) is 13.8 Å². The van der Waals surface area contributed by atoms with Gasteiger partial charge in [0, 0.05) is 22.8 Å². The van der Waals surface area contributed by atoms with Crippen LogP contribution in [0.3, 0.4) is 0 Å². The molecule has 0 aliphatic rings. The van der Waals surface area contributed by atoms with Crippen LogP contribution >= 0.6 is 0 Å². The fourth-order valence-electron chi connectivity index (χ4n) is 3.12. The highest BCUT2D eigenvalue weighted by molar-refractivity contribution is 6.01. The summed E-state index contributed by atoms with van der Waals surface area (Å²) in [6.07, 6.45) is 3.05. The lowest BCUT2D eigenvalue weighted by atomic mass is 9.93.